The predicted molar refractivity (Wildman–Crippen MR) is 74.2 cm³/mol. The second-order valence-corrected chi connectivity index (χ2v) is 5.16. The third-order valence-corrected chi connectivity index (χ3v) is 3.63. The first-order valence-corrected chi connectivity index (χ1v) is 6.61. The Bertz CT molecular complexity index is 619. The Balaban J connectivity index is 2.17. The van der Waals surface area contributed by atoms with Gasteiger partial charge in [0.05, 0.1) is 0 Å². The van der Waals surface area contributed by atoms with Gasteiger partial charge in [0, 0.05) is 36.1 Å². The van der Waals surface area contributed by atoms with Crippen molar-refractivity contribution in [2.75, 3.05) is 24.5 Å². The molecule has 1 aromatic heterocycles. The Morgan fingerprint density at radius 2 is 2.26 bits per heavy atom. The Labute approximate surface area is 115 Å². The number of nitrogens with zero attached hydrogens (tertiary/aromatic N) is 3. The van der Waals surface area contributed by atoms with Crippen LogP contribution in [0.4, 0.5) is 10.2 Å². The molecule has 1 aliphatic rings. The highest BCUT2D eigenvalue weighted by Gasteiger charge is 2.22. The minimum absolute atomic E-state index is 0.300. The maximum absolute atomic E-state index is 13.9. The fourth-order valence-electron chi connectivity index (χ4n) is 2.46. The fraction of sp³-hybridized carbons (Fsp3) is 0.385. The quantitative estimate of drug-likeness (QED) is 0.870. The molecule has 100 valence electrons. The zero-order chi connectivity index (χ0) is 13.4. The molecule has 0 unspecified atom stereocenters. The summed E-state index contributed by atoms with van der Waals surface area (Å²) in [5.41, 5.74) is 0.320. The summed E-state index contributed by atoms with van der Waals surface area (Å²) in [6.45, 7) is 4.72. The topological polar surface area (TPSA) is 41.0 Å². The molecule has 4 nitrogen and oxygen atoms in total. The maximum atomic E-state index is 13.9. The van der Waals surface area contributed by atoms with Crippen LogP contribution in [-0.2, 0) is 0 Å². The molecule has 1 atom stereocenters. The molecule has 1 aromatic carbocycles. The van der Waals surface area contributed by atoms with Crippen LogP contribution >= 0.6 is 11.6 Å². The molecule has 6 heteroatoms. The molecule has 0 radical (unpaired) electrons. The van der Waals surface area contributed by atoms with E-state index in [0.717, 1.165) is 25.5 Å². The predicted octanol–water partition coefficient (Wildman–Crippen LogP) is 2.22. The van der Waals surface area contributed by atoms with E-state index in [9.17, 15) is 4.39 Å². The molecule has 0 spiro atoms. The van der Waals surface area contributed by atoms with Gasteiger partial charge in [0.1, 0.15) is 17.7 Å². The highest BCUT2D eigenvalue weighted by Crippen LogP contribution is 2.29. The molecule has 1 saturated heterocycles. The molecule has 19 heavy (non-hydrogen) atoms. The maximum Gasteiger partial charge on any atom is 0.151 e. The van der Waals surface area contributed by atoms with E-state index in [0.29, 0.717) is 22.0 Å². The summed E-state index contributed by atoms with van der Waals surface area (Å²) in [4.78, 5) is 10.5. The van der Waals surface area contributed by atoms with Gasteiger partial charge in [-0.3, -0.25) is 0 Å². The van der Waals surface area contributed by atoms with E-state index >= 15 is 0 Å². The van der Waals surface area contributed by atoms with Crippen LogP contribution in [0.15, 0.2) is 18.5 Å². The largest absolute Gasteiger partial charge is 0.351 e. The number of fused-ring (bicyclic) bond motifs is 1. The van der Waals surface area contributed by atoms with Crippen LogP contribution in [0.2, 0.25) is 5.02 Å². The van der Waals surface area contributed by atoms with Gasteiger partial charge >= 0.3 is 0 Å². The molecule has 0 bridgehead atoms. The number of hydrogen-bond acceptors (Lipinski definition) is 4. The number of aromatic nitrogens is 2. The normalized spacial score (nSPS) is 19.9. The van der Waals surface area contributed by atoms with Gasteiger partial charge in [0.15, 0.2) is 5.82 Å². The van der Waals surface area contributed by atoms with Crippen LogP contribution < -0.4 is 10.2 Å². The van der Waals surface area contributed by atoms with Crippen LogP contribution in [0.25, 0.3) is 10.9 Å². The fourth-order valence-corrected chi connectivity index (χ4v) is 2.67. The van der Waals surface area contributed by atoms with E-state index in [1.54, 1.807) is 6.07 Å². The first-order chi connectivity index (χ1) is 9.16. The van der Waals surface area contributed by atoms with Crippen molar-refractivity contribution < 1.29 is 4.39 Å². The van der Waals surface area contributed by atoms with E-state index in [1.807, 2.05) is 0 Å². The lowest BCUT2D eigenvalue weighted by Gasteiger charge is -2.35. The zero-order valence-corrected chi connectivity index (χ0v) is 11.3. The first kappa shape index (κ1) is 12.6. The van der Waals surface area contributed by atoms with Crippen molar-refractivity contribution in [1.82, 2.24) is 15.3 Å². The van der Waals surface area contributed by atoms with Crippen LogP contribution in [0, 0.1) is 5.82 Å². The van der Waals surface area contributed by atoms with Crippen molar-refractivity contribution in [2.45, 2.75) is 13.0 Å². The average Bonchev–Trinajstić information content (AvgIpc) is 2.39. The van der Waals surface area contributed by atoms with Crippen molar-refractivity contribution in [3.05, 3.63) is 29.3 Å². The summed E-state index contributed by atoms with van der Waals surface area (Å²) >= 11 is 5.94. The van der Waals surface area contributed by atoms with E-state index in [1.165, 1.54) is 12.4 Å². The van der Waals surface area contributed by atoms with Gasteiger partial charge in [-0.1, -0.05) is 11.6 Å². The number of halogens is 2. The Morgan fingerprint density at radius 3 is 3.05 bits per heavy atom. The summed E-state index contributed by atoms with van der Waals surface area (Å²) in [7, 11) is 0. The summed E-state index contributed by atoms with van der Waals surface area (Å²) in [5, 5.41) is 4.35. The second kappa shape index (κ2) is 4.90. The molecule has 0 aliphatic carbocycles. The molecule has 1 fully saturated rings. The lowest BCUT2D eigenvalue weighted by Crippen LogP contribution is -2.50. The van der Waals surface area contributed by atoms with E-state index < -0.39 is 5.82 Å². The number of nitrogens with one attached hydrogen (secondary N) is 1. The number of benzene rings is 1. The van der Waals surface area contributed by atoms with Gasteiger partial charge in [0.25, 0.3) is 0 Å². The molecule has 0 saturated carbocycles. The van der Waals surface area contributed by atoms with Crippen molar-refractivity contribution >= 4 is 28.3 Å². The monoisotopic (exact) mass is 280 g/mol. The molecule has 2 heterocycles. The van der Waals surface area contributed by atoms with Crippen LogP contribution in [0.5, 0.6) is 0 Å². The highest BCUT2D eigenvalue weighted by atomic mass is 35.5. The molecular weight excluding hydrogens is 267 g/mol. The first-order valence-electron chi connectivity index (χ1n) is 6.24. The Morgan fingerprint density at radius 1 is 1.42 bits per heavy atom. The Kier molecular flexibility index (Phi) is 3.24. The van der Waals surface area contributed by atoms with Crippen molar-refractivity contribution in [3.8, 4) is 0 Å². The molecule has 0 amide bonds. The molecular formula is C13H14ClFN4. The van der Waals surface area contributed by atoms with Gasteiger partial charge in [-0.15, -0.1) is 0 Å². The van der Waals surface area contributed by atoms with E-state index in [2.05, 4.69) is 27.1 Å². The smallest absolute Gasteiger partial charge is 0.151 e. The standard InChI is InChI=1S/C13H14ClFN4/c1-8-6-16-2-3-19(8)13-10-4-9(14)5-11(15)12(10)17-7-18-13/h4-5,7-8,16H,2-3,6H2,1H3/t8-/m0/s1. The molecule has 1 N–H and O–H groups in total. The number of hydrogen-bond donors (Lipinski definition) is 1. The van der Waals surface area contributed by atoms with Gasteiger partial charge in [0.2, 0.25) is 0 Å². The lowest BCUT2D eigenvalue weighted by atomic mass is 10.1. The van der Waals surface area contributed by atoms with E-state index in [-0.39, 0.29) is 0 Å². The molecule has 3 rings (SSSR count). The number of anilines is 1. The van der Waals surface area contributed by atoms with E-state index in [4.69, 9.17) is 11.6 Å². The summed E-state index contributed by atoms with van der Waals surface area (Å²) in [6.07, 6.45) is 1.41. The summed E-state index contributed by atoms with van der Waals surface area (Å²) in [6, 6.07) is 3.31. The number of piperazine rings is 1. The van der Waals surface area contributed by atoms with Crippen molar-refractivity contribution in [1.29, 1.82) is 0 Å². The van der Waals surface area contributed by atoms with Gasteiger partial charge in [-0.25, -0.2) is 14.4 Å². The van der Waals surface area contributed by atoms with Crippen molar-refractivity contribution in [3.63, 3.8) is 0 Å². The van der Waals surface area contributed by atoms with Gasteiger partial charge in [-0.2, -0.15) is 0 Å². The lowest BCUT2D eigenvalue weighted by molar-refractivity contribution is 0.498. The average molecular weight is 281 g/mol. The SMILES string of the molecule is C[C@H]1CNCCN1c1ncnc2c(F)cc(Cl)cc12. The highest BCUT2D eigenvalue weighted by molar-refractivity contribution is 6.31. The minimum atomic E-state index is -0.408. The van der Waals surface area contributed by atoms with Gasteiger partial charge in [-0.05, 0) is 19.1 Å². The number of rotatable bonds is 1. The molecule has 1 aliphatic heterocycles. The third kappa shape index (κ3) is 2.24. The minimum Gasteiger partial charge on any atom is -0.351 e. The van der Waals surface area contributed by atoms with Crippen LogP contribution in [0.3, 0.4) is 0 Å². The summed E-state index contributed by atoms with van der Waals surface area (Å²) in [5.74, 6) is 0.342. The van der Waals surface area contributed by atoms with Crippen LogP contribution in [0.1, 0.15) is 6.92 Å². The van der Waals surface area contributed by atoms with Crippen molar-refractivity contribution in [2.24, 2.45) is 0 Å². The molecule has 2 aromatic rings. The summed E-state index contributed by atoms with van der Waals surface area (Å²) < 4.78 is 13.9. The van der Waals surface area contributed by atoms with Gasteiger partial charge < -0.3 is 10.2 Å². The third-order valence-electron chi connectivity index (χ3n) is 3.41. The van der Waals surface area contributed by atoms with Crippen LogP contribution in [-0.4, -0.2) is 35.6 Å². The zero-order valence-electron chi connectivity index (χ0n) is 10.5. The second-order valence-electron chi connectivity index (χ2n) is 4.73. The Hall–Kier alpha value is -1.46.